The molecule has 0 spiro atoms. The summed E-state index contributed by atoms with van der Waals surface area (Å²) in [5.41, 5.74) is 7.94. The number of piperazine rings is 1. The lowest BCUT2D eigenvalue weighted by molar-refractivity contribution is 0.231. The predicted octanol–water partition coefficient (Wildman–Crippen LogP) is 1.61. The van der Waals surface area contributed by atoms with Crippen LogP contribution < -0.4 is 15.4 Å². The normalized spacial score (nSPS) is 22.6. The van der Waals surface area contributed by atoms with E-state index in [4.69, 9.17) is 22.7 Å². The molecule has 2 aliphatic heterocycles. The molecule has 0 radical (unpaired) electrons. The minimum absolute atomic E-state index is 0.455. The molecule has 1 aromatic carbocycles. The average Bonchev–Trinajstić information content (AvgIpc) is 2.93. The van der Waals surface area contributed by atoms with Crippen LogP contribution in [-0.2, 0) is 0 Å². The quantitative estimate of drug-likeness (QED) is 0.857. The number of rotatable bonds is 3. The molecular weight excluding hydrogens is 270 g/mol. The maximum absolute atomic E-state index is 5.87. The van der Waals surface area contributed by atoms with Crippen LogP contribution in [0.3, 0.4) is 0 Å². The topological polar surface area (TPSA) is 41.7 Å². The minimum atomic E-state index is 0.455. The number of benzene rings is 1. The van der Waals surface area contributed by atoms with Gasteiger partial charge in [-0.1, -0.05) is 12.2 Å². The predicted molar refractivity (Wildman–Crippen MR) is 85.7 cm³/mol. The lowest BCUT2D eigenvalue weighted by Gasteiger charge is -2.39. The molecule has 1 aromatic rings. The lowest BCUT2D eigenvalue weighted by Crippen LogP contribution is -2.50. The number of nitrogens with two attached hydrogens (primary N) is 1. The number of anilines is 1. The zero-order chi connectivity index (χ0) is 14.1. The van der Waals surface area contributed by atoms with E-state index in [0.717, 1.165) is 36.6 Å². The summed E-state index contributed by atoms with van der Waals surface area (Å²) < 4.78 is 5.35. The molecule has 5 heteroatoms. The Hall–Kier alpha value is -1.33. The Bertz CT molecular complexity index is 520. The Morgan fingerprint density at radius 1 is 1.35 bits per heavy atom. The molecule has 0 saturated carbocycles. The molecule has 2 saturated heterocycles. The first-order valence-electron chi connectivity index (χ1n) is 7.16. The maximum Gasteiger partial charge on any atom is 0.120 e. The van der Waals surface area contributed by atoms with E-state index in [1.54, 1.807) is 7.11 Å². The molecule has 0 aliphatic carbocycles. The second-order valence-corrected chi connectivity index (χ2v) is 5.97. The first-order chi connectivity index (χ1) is 9.69. The van der Waals surface area contributed by atoms with Gasteiger partial charge in [-0.05, 0) is 31.5 Å². The van der Waals surface area contributed by atoms with Gasteiger partial charge in [0.2, 0.25) is 0 Å². The zero-order valence-electron chi connectivity index (χ0n) is 11.8. The number of ether oxygens (including phenoxy) is 1. The fourth-order valence-electron chi connectivity index (χ4n) is 3.32. The van der Waals surface area contributed by atoms with E-state index in [9.17, 15) is 0 Å². The third-order valence-corrected chi connectivity index (χ3v) is 4.62. The van der Waals surface area contributed by atoms with E-state index in [-0.39, 0.29) is 0 Å². The van der Waals surface area contributed by atoms with Crippen LogP contribution in [0.2, 0.25) is 0 Å². The highest BCUT2D eigenvalue weighted by Crippen LogP contribution is 2.30. The van der Waals surface area contributed by atoms with Crippen molar-refractivity contribution in [1.29, 1.82) is 0 Å². The van der Waals surface area contributed by atoms with Gasteiger partial charge in [0, 0.05) is 37.3 Å². The van der Waals surface area contributed by atoms with Crippen molar-refractivity contribution in [1.82, 2.24) is 4.90 Å². The Kier molecular flexibility index (Phi) is 3.81. The van der Waals surface area contributed by atoms with Gasteiger partial charge in [-0.2, -0.15) is 0 Å². The standard InChI is InChI=1S/C15H21N3OS/c1-19-12-4-5-13(15(16)20)14(9-12)18-8-7-17-6-2-3-11(17)10-18/h4-5,9,11H,2-3,6-8,10H2,1H3,(H2,16,20). The molecule has 1 atom stereocenters. The van der Waals surface area contributed by atoms with Crippen molar-refractivity contribution in [3.8, 4) is 5.75 Å². The van der Waals surface area contributed by atoms with Crippen LogP contribution in [0.15, 0.2) is 18.2 Å². The van der Waals surface area contributed by atoms with Gasteiger partial charge >= 0.3 is 0 Å². The van der Waals surface area contributed by atoms with Crippen LogP contribution in [0.25, 0.3) is 0 Å². The van der Waals surface area contributed by atoms with Crippen molar-refractivity contribution in [2.75, 3.05) is 38.2 Å². The molecule has 0 bridgehead atoms. The van der Waals surface area contributed by atoms with Crippen molar-refractivity contribution in [2.24, 2.45) is 5.73 Å². The third kappa shape index (κ3) is 2.47. The fraction of sp³-hybridized carbons (Fsp3) is 0.533. The molecule has 0 amide bonds. The molecule has 2 fully saturated rings. The second kappa shape index (κ2) is 5.58. The van der Waals surface area contributed by atoms with E-state index in [0.29, 0.717) is 11.0 Å². The molecule has 2 N–H and O–H groups in total. The maximum atomic E-state index is 5.87. The zero-order valence-corrected chi connectivity index (χ0v) is 12.7. The Balaban J connectivity index is 1.89. The van der Waals surface area contributed by atoms with E-state index in [1.807, 2.05) is 12.1 Å². The summed E-state index contributed by atoms with van der Waals surface area (Å²) in [5.74, 6) is 0.855. The Morgan fingerprint density at radius 3 is 2.95 bits per heavy atom. The van der Waals surface area contributed by atoms with Crippen molar-refractivity contribution in [2.45, 2.75) is 18.9 Å². The van der Waals surface area contributed by atoms with E-state index in [1.165, 1.54) is 19.4 Å². The molecule has 3 rings (SSSR count). The van der Waals surface area contributed by atoms with Crippen molar-refractivity contribution < 1.29 is 4.74 Å². The molecule has 2 aliphatic rings. The van der Waals surface area contributed by atoms with Gasteiger partial charge in [-0.25, -0.2) is 0 Å². The summed E-state index contributed by atoms with van der Waals surface area (Å²) in [6.07, 6.45) is 2.61. The highest BCUT2D eigenvalue weighted by atomic mass is 32.1. The first-order valence-corrected chi connectivity index (χ1v) is 7.56. The average molecular weight is 291 g/mol. The van der Waals surface area contributed by atoms with Crippen LogP contribution in [0.5, 0.6) is 5.75 Å². The number of hydrogen-bond acceptors (Lipinski definition) is 4. The molecular formula is C15H21N3OS. The van der Waals surface area contributed by atoms with Gasteiger partial charge in [0.05, 0.1) is 12.8 Å². The summed E-state index contributed by atoms with van der Waals surface area (Å²) in [6.45, 7) is 4.46. The smallest absolute Gasteiger partial charge is 0.120 e. The number of nitrogens with zero attached hydrogens (tertiary/aromatic N) is 2. The fourth-order valence-corrected chi connectivity index (χ4v) is 3.49. The Labute approximate surface area is 125 Å². The van der Waals surface area contributed by atoms with Crippen LogP contribution >= 0.6 is 12.2 Å². The van der Waals surface area contributed by atoms with Crippen LogP contribution in [0.4, 0.5) is 5.69 Å². The summed E-state index contributed by atoms with van der Waals surface area (Å²) in [5, 5.41) is 0. The third-order valence-electron chi connectivity index (χ3n) is 4.40. The van der Waals surface area contributed by atoms with Gasteiger partial charge < -0.3 is 15.4 Å². The van der Waals surface area contributed by atoms with E-state index >= 15 is 0 Å². The number of thiocarbonyl (C=S) groups is 1. The van der Waals surface area contributed by atoms with Gasteiger partial charge in [0.1, 0.15) is 10.7 Å². The Morgan fingerprint density at radius 2 is 2.20 bits per heavy atom. The van der Waals surface area contributed by atoms with Gasteiger partial charge in [-0.15, -0.1) is 0 Å². The largest absolute Gasteiger partial charge is 0.497 e. The van der Waals surface area contributed by atoms with Crippen LogP contribution in [-0.4, -0.2) is 49.2 Å². The SMILES string of the molecule is COc1ccc(C(N)=S)c(N2CCN3CCCC3C2)c1. The molecule has 4 nitrogen and oxygen atoms in total. The van der Waals surface area contributed by atoms with Gasteiger partial charge in [0.25, 0.3) is 0 Å². The van der Waals surface area contributed by atoms with Crippen molar-refractivity contribution >= 4 is 22.9 Å². The van der Waals surface area contributed by atoms with E-state index < -0.39 is 0 Å². The summed E-state index contributed by atoms with van der Waals surface area (Å²) in [7, 11) is 1.69. The molecule has 2 heterocycles. The number of fused-ring (bicyclic) bond motifs is 1. The van der Waals surface area contributed by atoms with Gasteiger partial charge in [-0.3, -0.25) is 4.90 Å². The van der Waals surface area contributed by atoms with E-state index in [2.05, 4.69) is 15.9 Å². The number of hydrogen-bond donors (Lipinski definition) is 1. The van der Waals surface area contributed by atoms with Gasteiger partial charge in [0.15, 0.2) is 0 Å². The van der Waals surface area contributed by atoms with Crippen LogP contribution in [0.1, 0.15) is 18.4 Å². The van der Waals surface area contributed by atoms with Crippen LogP contribution in [0, 0.1) is 0 Å². The second-order valence-electron chi connectivity index (χ2n) is 5.53. The monoisotopic (exact) mass is 291 g/mol. The highest BCUT2D eigenvalue weighted by Gasteiger charge is 2.31. The van der Waals surface area contributed by atoms with Crippen molar-refractivity contribution in [3.63, 3.8) is 0 Å². The van der Waals surface area contributed by atoms with Crippen molar-refractivity contribution in [3.05, 3.63) is 23.8 Å². The summed E-state index contributed by atoms with van der Waals surface area (Å²) in [6, 6.07) is 6.62. The molecule has 20 heavy (non-hydrogen) atoms. The summed E-state index contributed by atoms with van der Waals surface area (Å²) >= 11 is 5.19. The molecule has 1 unspecified atom stereocenters. The highest BCUT2D eigenvalue weighted by molar-refractivity contribution is 7.80. The first kappa shape index (κ1) is 13.6. The lowest BCUT2D eigenvalue weighted by atomic mass is 10.1. The number of methoxy groups -OCH3 is 1. The minimum Gasteiger partial charge on any atom is -0.497 e. The molecule has 108 valence electrons. The summed E-state index contributed by atoms with van der Waals surface area (Å²) in [4.78, 5) is 5.46. The molecule has 0 aromatic heterocycles.